The smallest absolute Gasteiger partial charge is 0.360 e. The molecule has 0 spiro atoms. The van der Waals surface area contributed by atoms with Crippen LogP contribution in [0.2, 0.25) is 0 Å². The van der Waals surface area contributed by atoms with Gasteiger partial charge in [-0.25, -0.2) is 14.2 Å². The highest BCUT2D eigenvalue weighted by Gasteiger charge is 2.24. The summed E-state index contributed by atoms with van der Waals surface area (Å²) in [7, 11) is 2.45. The summed E-state index contributed by atoms with van der Waals surface area (Å²) < 4.78 is 24.0. The molecule has 112 valence electrons. The summed E-state index contributed by atoms with van der Waals surface area (Å²) in [6.07, 6.45) is 5.27. The van der Waals surface area contributed by atoms with E-state index in [1.54, 1.807) is 24.3 Å². The average molecular weight is 300 g/mol. The Kier molecular flexibility index (Phi) is 4.28. The lowest BCUT2D eigenvalue weighted by Gasteiger charge is -2.13. The van der Waals surface area contributed by atoms with Gasteiger partial charge in [-0.1, -0.05) is 18.1 Å². The lowest BCUT2D eigenvalue weighted by Crippen LogP contribution is -2.12. The first-order chi connectivity index (χ1) is 10.5. The number of ether oxygens (including phenoxy) is 2. The summed E-state index contributed by atoms with van der Waals surface area (Å²) >= 11 is 0. The van der Waals surface area contributed by atoms with Gasteiger partial charge in [0, 0.05) is 11.1 Å². The molecule has 6 heteroatoms. The first kappa shape index (κ1) is 15.3. The quantitative estimate of drug-likeness (QED) is 0.695. The van der Waals surface area contributed by atoms with Crippen LogP contribution in [0.1, 0.15) is 16.1 Å². The zero-order valence-corrected chi connectivity index (χ0v) is 12.0. The molecule has 0 saturated heterocycles. The second-order valence-corrected chi connectivity index (χ2v) is 4.28. The monoisotopic (exact) mass is 300 g/mol. The number of esters is 1. The van der Waals surface area contributed by atoms with Gasteiger partial charge in [0.05, 0.1) is 14.2 Å². The molecule has 1 aromatic carbocycles. The van der Waals surface area contributed by atoms with E-state index in [0.29, 0.717) is 11.1 Å². The van der Waals surface area contributed by atoms with Crippen molar-refractivity contribution in [1.29, 1.82) is 0 Å². The van der Waals surface area contributed by atoms with Crippen molar-refractivity contribution in [2.24, 2.45) is 0 Å². The van der Waals surface area contributed by atoms with Crippen molar-refractivity contribution in [3.8, 4) is 29.4 Å². The Morgan fingerprint density at radius 3 is 2.45 bits per heavy atom. The van der Waals surface area contributed by atoms with Crippen LogP contribution in [0.4, 0.5) is 10.1 Å². The number of halogens is 1. The third kappa shape index (κ3) is 2.56. The third-order valence-electron chi connectivity index (χ3n) is 3.04. The predicted octanol–water partition coefficient (Wildman–Crippen LogP) is 2.25. The number of hydrogen-bond donors (Lipinski definition) is 1. The number of nitrogens with two attached hydrogens (primary N) is 1. The fraction of sp³-hybridized carbons (Fsp3) is 0.125. The van der Waals surface area contributed by atoms with E-state index in [4.69, 9.17) is 16.9 Å². The minimum absolute atomic E-state index is 0.0812. The van der Waals surface area contributed by atoms with Crippen LogP contribution in [-0.4, -0.2) is 25.2 Å². The lowest BCUT2D eigenvalue weighted by molar-refractivity contribution is 0.0590. The number of rotatable bonds is 3. The lowest BCUT2D eigenvalue weighted by atomic mass is 10.1. The predicted molar refractivity (Wildman–Crippen MR) is 79.9 cm³/mol. The molecule has 2 aromatic rings. The van der Waals surface area contributed by atoms with Crippen LogP contribution in [0.15, 0.2) is 24.3 Å². The molecular formula is C16H13FN2O3. The Hall–Kier alpha value is -3.07. The first-order valence-electron chi connectivity index (χ1n) is 6.21. The van der Waals surface area contributed by atoms with Crippen molar-refractivity contribution in [3.05, 3.63) is 41.3 Å². The molecule has 0 aliphatic rings. The second-order valence-electron chi connectivity index (χ2n) is 4.28. The maximum absolute atomic E-state index is 14.4. The van der Waals surface area contributed by atoms with Crippen LogP contribution in [0.3, 0.4) is 0 Å². The Bertz CT molecular complexity index is 764. The number of methoxy groups -OCH3 is 2. The summed E-state index contributed by atoms with van der Waals surface area (Å²) in [6, 6.07) is 6.45. The molecule has 5 nitrogen and oxygen atoms in total. The molecule has 0 fully saturated rings. The van der Waals surface area contributed by atoms with Crippen LogP contribution in [0, 0.1) is 18.2 Å². The van der Waals surface area contributed by atoms with Crippen LogP contribution in [-0.2, 0) is 4.74 Å². The number of anilines is 1. The van der Waals surface area contributed by atoms with E-state index in [9.17, 15) is 9.18 Å². The van der Waals surface area contributed by atoms with Crippen molar-refractivity contribution in [2.45, 2.75) is 0 Å². The van der Waals surface area contributed by atoms with E-state index < -0.39 is 11.8 Å². The van der Waals surface area contributed by atoms with Gasteiger partial charge in [-0.3, -0.25) is 0 Å². The average Bonchev–Trinajstić information content (AvgIpc) is 2.56. The maximum Gasteiger partial charge on any atom is 0.360 e. The molecule has 0 unspecified atom stereocenters. The molecule has 0 bridgehead atoms. The number of pyridine rings is 1. The molecule has 0 aliphatic carbocycles. The topological polar surface area (TPSA) is 74.4 Å². The minimum Gasteiger partial charge on any atom is -0.492 e. The standard InChI is InChI=1S/C16H13FN2O3/c1-4-9-5-7-10(8-6-9)13-11(17)12(18)15(21-2)14(19-13)16(20)22-3/h1,5-8H,2-3H3,(H2,18,19). The van der Waals surface area contributed by atoms with E-state index in [2.05, 4.69) is 15.6 Å². The van der Waals surface area contributed by atoms with E-state index in [1.165, 1.54) is 14.2 Å². The van der Waals surface area contributed by atoms with Crippen molar-refractivity contribution >= 4 is 11.7 Å². The highest BCUT2D eigenvalue weighted by molar-refractivity contribution is 5.93. The number of carbonyl (C=O) groups excluding carboxylic acids is 1. The van der Waals surface area contributed by atoms with Crippen molar-refractivity contribution in [1.82, 2.24) is 4.98 Å². The SMILES string of the molecule is C#Cc1ccc(-c2nc(C(=O)OC)c(OC)c(N)c2F)cc1. The third-order valence-corrected chi connectivity index (χ3v) is 3.04. The number of aromatic nitrogens is 1. The molecular weight excluding hydrogens is 287 g/mol. The van der Waals surface area contributed by atoms with Gasteiger partial charge in [0.25, 0.3) is 0 Å². The summed E-state index contributed by atoms with van der Waals surface area (Å²) in [5.41, 5.74) is 6.18. The van der Waals surface area contributed by atoms with Gasteiger partial charge < -0.3 is 15.2 Å². The summed E-state index contributed by atoms with van der Waals surface area (Å²) in [6.45, 7) is 0. The highest BCUT2D eigenvalue weighted by Crippen LogP contribution is 2.34. The van der Waals surface area contributed by atoms with Gasteiger partial charge in [-0.2, -0.15) is 0 Å². The van der Waals surface area contributed by atoms with E-state index in [0.717, 1.165) is 0 Å². The normalized spacial score (nSPS) is 9.91. The van der Waals surface area contributed by atoms with Gasteiger partial charge in [-0.05, 0) is 12.1 Å². The number of nitrogen functional groups attached to an aromatic ring is 1. The Balaban J connectivity index is 2.68. The Morgan fingerprint density at radius 1 is 1.32 bits per heavy atom. The Morgan fingerprint density at radius 2 is 1.95 bits per heavy atom. The van der Waals surface area contributed by atoms with Crippen LogP contribution in [0.5, 0.6) is 5.75 Å². The number of nitrogens with zero attached hydrogens (tertiary/aromatic N) is 1. The minimum atomic E-state index is -0.780. The van der Waals surface area contributed by atoms with E-state index in [-0.39, 0.29) is 22.8 Å². The van der Waals surface area contributed by atoms with Crippen LogP contribution in [0.25, 0.3) is 11.3 Å². The zero-order chi connectivity index (χ0) is 16.3. The second kappa shape index (κ2) is 6.14. The molecule has 2 rings (SSSR count). The highest BCUT2D eigenvalue weighted by atomic mass is 19.1. The van der Waals surface area contributed by atoms with Gasteiger partial charge in [0.2, 0.25) is 0 Å². The molecule has 0 atom stereocenters. The molecule has 2 N–H and O–H groups in total. The summed E-state index contributed by atoms with van der Waals surface area (Å²) in [4.78, 5) is 15.8. The van der Waals surface area contributed by atoms with Gasteiger partial charge in [0.1, 0.15) is 11.4 Å². The number of benzene rings is 1. The number of terminal acetylenes is 1. The van der Waals surface area contributed by atoms with Crippen LogP contribution < -0.4 is 10.5 Å². The molecule has 0 radical (unpaired) electrons. The molecule has 1 aromatic heterocycles. The molecule has 1 heterocycles. The largest absolute Gasteiger partial charge is 0.492 e. The molecule has 22 heavy (non-hydrogen) atoms. The number of carbonyl (C=O) groups is 1. The molecule has 0 aliphatic heterocycles. The van der Waals surface area contributed by atoms with Gasteiger partial charge >= 0.3 is 5.97 Å². The van der Waals surface area contributed by atoms with Crippen molar-refractivity contribution in [3.63, 3.8) is 0 Å². The van der Waals surface area contributed by atoms with Crippen molar-refractivity contribution < 1.29 is 18.7 Å². The first-order valence-corrected chi connectivity index (χ1v) is 6.21. The fourth-order valence-corrected chi connectivity index (χ4v) is 1.92. The van der Waals surface area contributed by atoms with Gasteiger partial charge in [0.15, 0.2) is 17.3 Å². The summed E-state index contributed by atoms with van der Waals surface area (Å²) in [5.74, 6) is 0.744. The summed E-state index contributed by atoms with van der Waals surface area (Å²) in [5, 5.41) is 0. The Labute approximate surface area is 126 Å². The molecule has 0 saturated carbocycles. The van der Waals surface area contributed by atoms with Gasteiger partial charge in [-0.15, -0.1) is 6.42 Å². The zero-order valence-electron chi connectivity index (χ0n) is 12.0. The maximum atomic E-state index is 14.4. The van der Waals surface area contributed by atoms with E-state index in [1.807, 2.05) is 0 Å². The molecule has 0 amide bonds. The fourth-order valence-electron chi connectivity index (χ4n) is 1.92. The van der Waals surface area contributed by atoms with Crippen LogP contribution >= 0.6 is 0 Å². The van der Waals surface area contributed by atoms with E-state index >= 15 is 0 Å². The number of hydrogen-bond acceptors (Lipinski definition) is 5. The van der Waals surface area contributed by atoms with Crippen molar-refractivity contribution in [2.75, 3.05) is 20.0 Å².